The van der Waals surface area contributed by atoms with Gasteiger partial charge in [-0.15, -0.1) is 0 Å². The van der Waals surface area contributed by atoms with Gasteiger partial charge in [-0.05, 0) is 34.9 Å². The highest BCUT2D eigenvalue weighted by atomic mass is 32.3. The molecule has 0 saturated heterocycles. The first-order valence-electron chi connectivity index (χ1n) is 7.11. The van der Waals surface area contributed by atoms with Gasteiger partial charge in [0.1, 0.15) is 0 Å². The van der Waals surface area contributed by atoms with Gasteiger partial charge in [0.05, 0.1) is 0 Å². The van der Waals surface area contributed by atoms with Crippen molar-refractivity contribution in [2.45, 2.75) is 37.4 Å². The van der Waals surface area contributed by atoms with Gasteiger partial charge >= 0.3 is 4.33 Å². The van der Waals surface area contributed by atoms with Gasteiger partial charge in [0.15, 0.2) is 5.17 Å². The number of amides is 1. The van der Waals surface area contributed by atoms with Crippen LogP contribution in [-0.4, -0.2) is 23.8 Å². The summed E-state index contributed by atoms with van der Waals surface area (Å²) in [6, 6.07) is 7.02. The quantitative estimate of drug-likeness (QED) is 0.720. The van der Waals surface area contributed by atoms with Crippen LogP contribution in [-0.2, 0) is 20.2 Å². The number of hydrogen-bond acceptors (Lipinski definition) is 7. The maximum Gasteiger partial charge on any atom is 0.306 e. The Balaban J connectivity index is 2.55. The van der Waals surface area contributed by atoms with Crippen LogP contribution in [0.3, 0.4) is 0 Å². The average molecular weight is 371 g/mol. The number of anilines is 1. The molecule has 10 heteroatoms. The first kappa shape index (κ1) is 18.6. The number of nitrogens with one attached hydrogen (secondary N) is 1. The van der Waals surface area contributed by atoms with Crippen LogP contribution < -0.4 is 21.2 Å². The second-order valence-electron chi connectivity index (χ2n) is 6.44. The smallest absolute Gasteiger partial charge is 0.306 e. The molecule has 0 bridgehead atoms. The number of rotatable bonds is 3. The Morgan fingerprint density at radius 2 is 1.83 bits per heavy atom. The van der Waals surface area contributed by atoms with Gasteiger partial charge < -0.3 is 5.73 Å². The summed E-state index contributed by atoms with van der Waals surface area (Å²) < 4.78 is 22.4. The molecule has 1 aliphatic rings. The van der Waals surface area contributed by atoms with E-state index in [0.717, 1.165) is 10.5 Å². The molecule has 0 spiro atoms. The first-order chi connectivity index (χ1) is 10.9. The molecule has 2 rings (SSSR count). The van der Waals surface area contributed by atoms with E-state index in [9.17, 15) is 13.2 Å². The monoisotopic (exact) mass is 371 g/mol. The summed E-state index contributed by atoms with van der Waals surface area (Å²) >= 11 is 0.670. The maximum atomic E-state index is 12.2. The topological polar surface area (TPSA) is 131 Å². The number of nitrogens with two attached hydrogens (primary N) is 2. The van der Waals surface area contributed by atoms with Crippen LogP contribution in [0.5, 0.6) is 0 Å². The fourth-order valence-corrected chi connectivity index (χ4v) is 4.50. The molecule has 0 radical (unpaired) electrons. The van der Waals surface area contributed by atoms with Crippen molar-refractivity contribution in [2.24, 2.45) is 16.0 Å². The molecule has 24 heavy (non-hydrogen) atoms. The summed E-state index contributed by atoms with van der Waals surface area (Å²) in [5, 5.41) is 9.05. The van der Waals surface area contributed by atoms with Crippen LogP contribution in [0, 0.1) is 0 Å². The van der Waals surface area contributed by atoms with Gasteiger partial charge in [-0.1, -0.05) is 32.9 Å². The van der Waals surface area contributed by atoms with Crippen molar-refractivity contribution in [1.29, 1.82) is 0 Å². The van der Waals surface area contributed by atoms with Gasteiger partial charge in [-0.3, -0.25) is 15.1 Å². The van der Waals surface area contributed by atoms with E-state index in [-0.39, 0.29) is 10.6 Å². The van der Waals surface area contributed by atoms with Gasteiger partial charge in [-0.25, -0.2) is 13.6 Å². The Bertz CT molecular complexity index is 784. The van der Waals surface area contributed by atoms with Gasteiger partial charge in [0, 0.05) is 12.6 Å². The van der Waals surface area contributed by atoms with Gasteiger partial charge in [-0.2, -0.15) is 5.10 Å². The summed E-state index contributed by atoms with van der Waals surface area (Å²) in [5.41, 5.74) is 9.33. The molecule has 5 N–H and O–H groups in total. The van der Waals surface area contributed by atoms with E-state index in [1.54, 1.807) is 12.1 Å². The lowest BCUT2D eigenvalue weighted by Gasteiger charge is -2.36. The van der Waals surface area contributed by atoms with Crippen molar-refractivity contribution >= 4 is 38.5 Å². The molecule has 0 fully saturated rings. The molecule has 1 heterocycles. The maximum absolute atomic E-state index is 12.2. The minimum atomic E-state index is -4.27. The number of carbonyl (C=O) groups is 1. The molecule has 0 aliphatic carbocycles. The van der Waals surface area contributed by atoms with E-state index in [2.05, 4.69) is 31.3 Å². The third kappa shape index (κ3) is 3.21. The summed E-state index contributed by atoms with van der Waals surface area (Å²) in [6.07, 6.45) is 0. The van der Waals surface area contributed by atoms with Crippen molar-refractivity contribution in [3.8, 4) is 0 Å². The molecule has 0 aromatic heterocycles. The van der Waals surface area contributed by atoms with E-state index in [1.165, 1.54) is 6.92 Å². The third-order valence-corrected chi connectivity index (χ3v) is 6.38. The molecule has 132 valence electrons. The third-order valence-electron chi connectivity index (χ3n) is 3.54. The van der Waals surface area contributed by atoms with Crippen molar-refractivity contribution in [1.82, 2.24) is 5.43 Å². The Morgan fingerprint density at radius 1 is 1.29 bits per heavy atom. The van der Waals surface area contributed by atoms with Crippen LogP contribution in [0.15, 0.2) is 29.4 Å². The second kappa shape index (κ2) is 5.94. The number of sulfonamides is 1. The normalized spacial score (nSPS) is 21.1. The molecule has 1 amide bonds. The van der Waals surface area contributed by atoms with Crippen LogP contribution in [0.25, 0.3) is 0 Å². The molecular weight excluding hydrogens is 350 g/mol. The minimum absolute atomic E-state index is 0.0263. The summed E-state index contributed by atoms with van der Waals surface area (Å²) in [4.78, 5) is 13.3. The Hall–Kier alpha value is -1.78. The number of carbonyl (C=O) groups excluding carboxylic acids is 1. The zero-order chi connectivity index (χ0) is 18.3. The number of primary sulfonamides is 1. The molecular formula is C14H21N5O3S2. The van der Waals surface area contributed by atoms with Crippen molar-refractivity contribution in [3.05, 3.63) is 29.8 Å². The van der Waals surface area contributed by atoms with Crippen molar-refractivity contribution < 1.29 is 13.2 Å². The first-order valence-corrected chi connectivity index (χ1v) is 9.48. The van der Waals surface area contributed by atoms with Crippen molar-refractivity contribution in [2.75, 3.05) is 4.90 Å². The number of nitrogens with zero attached hydrogens (tertiary/aromatic N) is 2. The molecule has 8 nitrogen and oxygen atoms in total. The molecule has 0 saturated carbocycles. The van der Waals surface area contributed by atoms with E-state index < -0.39 is 20.3 Å². The Labute approximate surface area is 145 Å². The number of thioether (sulfide) groups is 1. The van der Waals surface area contributed by atoms with Gasteiger partial charge in [0.25, 0.3) is 10.0 Å². The molecule has 1 aromatic carbocycles. The van der Waals surface area contributed by atoms with E-state index in [1.807, 2.05) is 12.1 Å². The summed E-state index contributed by atoms with van der Waals surface area (Å²) in [7, 11) is -4.27. The lowest BCUT2D eigenvalue weighted by Crippen LogP contribution is -2.62. The second-order valence-corrected chi connectivity index (χ2v) is 9.59. The van der Waals surface area contributed by atoms with Crippen LogP contribution in [0.1, 0.15) is 33.3 Å². The molecule has 1 aliphatic heterocycles. The van der Waals surface area contributed by atoms with Crippen molar-refractivity contribution in [3.63, 3.8) is 0 Å². The van der Waals surface area contributed by atoms with Crippen LogP contribution in [0.2, 0.25) is 0 Å². The van der Waals surface area contributed by atoms with Crippen LogP contribution in [0.4, 0.5) is 5.69 Å². The standard InChI is InChI=1S/C14H21N5O3S2/c1-9(20)19(11-7-5-10(6-8-11)13(2,3)4)14(24(16,21)22)18-17-12(15)23-14/h5-8,18H,1-4H3,(H2,15,17)(H2,16,21,22). The fraction of sp³-hybridized carbons (Fsp3) is 0.429. The van der Waals surface area contributed by atoms with Gasteiger partial charge in [0.2, 0.25) is 5.91 Å². The zero-order valence-corrected chi connectivity index (χ0v) is 15.5. The minimum Gasteiger partial charge on any atom is -0.377 e. The number of benzene rings is 1. The van der Waals surface area contributed by atoms with Crippen LogP contribution >= 0.6 is 11.8 Å². The Morgan fingerprint density at radius 3 is 2.17 bits per heavy atom. The lowest BCUT2D eigenvalue weighted by molar-refractivity contribution is -0.117. The SMILES string of the molecule is CC(=O)N(c1ccc(C(C)(C)C)cc1)C1(S(N)(=O)=O)NN=C(N)S1. The lowest BCUT2D eigenvalue weighted by atomic mass is 9.87. The molecule has 1 unspecified atom stereocenters. The molecule has 1 aromatic rings. The Kier molecular flexibility index (Phi) is 4.59. The zero-order valence-electron chi connectivity index (χ0n) is 13.9. The number of amidine groups is 1. The summed E-state index contributed by atoms with van der Waals surface area (Å²) in [6.45, 7) is 7.42. The predicted molar refractivity (Wildman–Crippen MR) is 96.5 cm³/mol. The average Bonchev–Trinajstić information content (AvgIpc) is 2.81. The van der Waals surface area contributed by atoms with E-state index in [4.69, 9.17) is 10.9 Å². The predicted octanol–water partition coefficient (Wildman–Crippen LogP) is 0.803. The number of hydrazone groups is 1. The molecule has 1 atom stereocenters. The van der Waals surface area contributed by atoms with E-state index >= 15 is 0 Å². The largest absolute Gasteiger partial charge is 0.377 e. The summed E-state index contributed by atoms with van der Waals surface area (Å²) in [5.74, 6) is -0.516. The highest BCUT2D eigenvalue weighted by molar-refractivity contribution is 8.23. The highest BCUT2D eigenvalue weighted by Crippen LogP contribution is 2.38. The number of hydrogen-bond donors (Lipinski definition) is 3. The van der Waals surface area contributed by atoms with E-state index in [0.29, 0.717) is 17.4 Å². The highest BCUT2D eigenvalue weighted by Gasteiger charge is 2.54. The fourth-order valence-electron chi connectivity index (χ4n) is 2.33.